The van der Waals surface area contributed by atoms with Crippen molar-refractivity contribution in [2.24, 2.45) is 0 Å². The Morgan fingerprint density at radius 1 is 1.32 bits per heavy atom. The molecule has 1 N–H and O–H groups in total. The number of carbonyl (C=O) groups excluding carboxylic acids is 2. The molecule has 1 aromatic rings. The van der Waals surface area contributed by atoms with Gasteiger partial charge in [0.25, 0.3) is 0 Å². The van der Waals surface area contributed by atoms with Crippen LogP contribution in [0.5, 0.6) is 0 Å². The van der Waals surface area contributed by atoms with Gasteiger partial charge in [-0.05, 0) is 32.9 Å². The van der Waals surface area contributed by atoms with Crippen molar-refractivity contribution in [2.45, 2.75) is 32.9 Å². The molecular formula is C15H24N2O5. The third-order valence-corrected chi connectivity index (χ3v) is 2.68. The standard InChI is InChI=1S/C15H24N2O5/c1-15(2,3)22-14(19)17(4)9-8-16-10-11-6-7-12(21-11)13(18)20-5/h6-7,16H,8-10H2,1-5H3. The molecule has 0 aromatic carbocycles. The summed E-state index contributed by atoms with van der Waals surface area (Å²) in [4.78, 5) is 24.5. The van der Waals surface area contributed by atoms with Crippen LogP contribution in [0.2, 0.25) is 0 Å². The van der Waals surface area contributed by atoms with Crippen molar-refractivity contribution in [3.63, 3.8) is 0 Å². The molecule has 0 unspecified atom stereocenters. The minimum absolute atomic E-state index is 0.171. The number of ether oxygens (including phenoxy) is 2. The first-order valence-corrected chi connectivity index (χ1v) is 7.05. The number of likely N-dealkylation sites (N-methyl/N-ethyl adjacent to an activating group) is 1. The molecule has 0 spiro atoms. The van der Waals surface area contributed by atoms with E-state index in [0.717, 1.165) is 0 Å². The maximum absolute atomic E-state index is 11.7. The summed E-state index contributed by atoms with van der Waals surface area (Å²) in [6, 6.07) is 3.27. The molecule has 0 aliphatic heterocycles. The van der Waals surface area contributed by atoms with Gasteiger partial charge in [-0.15, -0.1) is 0 Å². The zero-order chi connectivity index (χ0) is 16.8. The minimum Gasteiger partial charge on any atom is -0.463 e. The monoisotopic (exact) mass is 312 g/mol. The number of furan rings is 1. The largest absolute Gasteiger partial charge is 0.463 e. The average Bonchev–Trinajstić information content (AvgIpc) is 2.89. The Labute approximate surface area is 130 Å². The van der Waals surface area contributed by atoms with Crippen LogP contribution < -0.4 is 5.32 Å². The molecule has 124 valence electrons. The van der Waals surface area contributed by atoms with Gasteiger partial charge in [-0.25, -0.2) is 9.59 Å². The molecule has 7 nitrogen and oxygen atoms in total. The van der Waals surface area contributed by atoms with Crippen LogP contribution in [0.15, 0.2) is 16.5 Å². The quantitative estimate of drug-likeness (QED) is 0.639. The summed E-state index contributed by atoms with van der Waals surface area (Å²) in [6.45, 7) is 7.01. The first-order chi connectivity index (χ1) is 10.2. The summed E-state index contributed by atoms with van der Waals surface area (Å²) >= 11 is 0. The first kappa shape index (κ1) is 18.0. The van der Waals surface area contributed by atoms with Gasteiger partial charge in [0.05, 0.1) is 13.7 Å². The molecule has 0 saturated carbocycles. The van der Waals surface area contributed by atoms with Gasteiger partial charge in [-0.1, -0.05) is 0 Å². The molecular weight excluding hydrogens is 288 g/mol. The Bertz CT molecular complexity index is 504. The highest BCUT2D eigenvalue weighted by molar-refractivity contribution is 5.86. The minimum atomic E-state index is -0.504. The molecule has 1 heterocycles. The fourth-order valence-electron chi connectivity index (χ4n) is 1.57. The van der Waals surface area contributed by atoms with Crippen molar-refractivity contribution >= 4 is 12.1 Å². The molecule has 0 aliphatic rings. The molecule has 0 radical (unpaired) electrons. The van der Waals surface area contributed by atoms with Gasteiger partial charge in [0.1, 0.15) is 11.4 Å². The van der Waals surface area contributed by atoms with Crippen molar-refractivity contribution in [2.75, 3.05) is 27.2 Å². The maximum Gasteiger partial charge on any atom is 0.410 e. The summed E-state index contributed by atoms with van der Waals surface area (Å²) in [6.07, 6.45) is -0.361. The fraction of sp³-hybridized carbons (Fsp3) is 0.600. The Balaban J connectivity index is 2.29. The topological polar surface area (TPSA) is 81.0 Å². The number of carbonyl (C=O) groups is 2. The van der Waals surface area contributed by atoms with E-state index in [0.29, 0.717) is 25.4 Å². The van der Waals surface area contributed by atoms with Gasteiger partial charge in [-0.3, -0.25) is 0 Å². The predicted octanol–water partition coefficient (Wildman–Crippen LogP) is 2.02. The average molecular weight is 312 g/mol. The van der Waals surface area contributed by atoms with Crippen molar-refractivity contribution < 1.29 is 23.5 Å². The van der Waals surface area contributed by atoms with Crippen LogP contribution in [0.25, 0.3) is 0 Å². The Kier molecular flexibility index (Phi) is 6.42. The first-order valence-electron chi connectivity index (χ1n) is 7.05. The third-order valence-electron chi connectivity index (χ3n) is 2.68. The van der Waals surface area contributed by atoms with E-state index in [2.05, 4.69) is 10.1 Å². The second-order valence-corrected chi connectivity index (χ2v) is 5.84. The van der Waals surface area contributed by atoms with Gasteiger partial charge >= 0.3 is 12.1 Å². The van der Waals surface area contributed by atoms with Crippen LogP contribution in [0.3, 0.4) is 0 Å². The third kappa shape index (κ3) is 6.17. The molecule has 0 saturated heterocycles. The maximum atomic E-state index is 11.7. The van der Waals surface area contributed by atoms with Crippen LogP contribution >= 0.6 is 0 Å². The van der Waals surface area contributed by atoms with Gasteiger partial charge in [0, 0.05) is 20.1 Å². The van der Waals surface area contributed by atoms with Crippen molar-refractivity contribution in [1.82, 2.24) is 10.2 Å². The second-order valence-electron chi connectivity index (χ2n) is 5.84. The normalized spacial score (nSPS) is 11.1. The molecule has 0 aliphatic carbocycles. The summed E-state index contributed by atoms with van der Waals surface area (Å²) in [7, 11) is 2.98. The van der Waals surface area contributed by atoms with E-state index in [1.807, 2.05) is 20.8 Å². The molecule has 22 heavy (non-hydrogen) atoms. The summed E-state index contributed by atoms with van der Waals surface area (Å²) < 4.78 is 15.1. The van der Waals surface area contributed by atoms with Crippen LogP contribution in [-0.4, -0.2) is 49.8 Å². The zero-order valence-electron chi connectivity index (χ0n) is 13.8. The van der Waals surface area contributed by atoms with E-state index in [-0.39, 0.29) is 11.9 Å². The van der Waals surface area contributed by atoms with E-state index in [1.165, 1.54) is 12.0 Å². The number of amides is 1. The number of nitrogens with one attached hydrogen (secondary N) is 1. The number of methoxy groups -OCH3 is 1. The van der Waals surface area contributed by atoms with E-state index in [4.69, 9.17) is 9.15 Å². The van der Waals surface area contributed by atoms with Gasteiger partial charge in [-0.2, -0.15) is 0 Å². The predicted molar refractivity (Wildman–Crippen MR) is 80.6 cm³/mol. The van der Waals surface area contributed by atoms with Gasteiger partial charge < -0.3 is 24.1 Å². The summed E-state index contributed by atoms with van der Waals surface area (Å²) in [5.41, 5.74) is -0.503. The Morgan fingerprint density at radius 3 is 2.59 bits per heavy atom. The number of hydrogen-bond acceptors (Lipinski definition) is 6. The van der Waals surface area contributed by atoms with Crippen LogP contribution in [-0.2, 0) is 16.0 Å². The molecule has 0 fully saturated rings. The zero-order valence-corrected chi connectivity index (χ0v) is 13.8. The van der Waals surface area contributed by atoms with Gasteiger partial charge in [0.15, 0.2) is 0 Å². The molecule has 1 aromatic heterocycles. The highest BCUT2D eigenvalue weighted by Crippen LogP contribution is 2.09. The van der Waals surface area contributed by atoms with Crippen LogP contribution in [0.1, 0.15) is 37.1 Å². The number of hydrogen-bond donors (Lipinski definition) is 1. The highest BCUT2D eigenvalue weighted by atomic mass is 16.6. The SMILES string of the molecule is COC(=O)c1ccc(CNCCN(C)C(=O)OC(C)(C)C)o1. The lowest BCUT2D eigenvalue weighted by atomic mass is 10.2. The molecule has 0 atom stereocenters. The summed E-state index contributed by atoms with van der Waals surface area (Å²) in [5.74, 6) is 0.293. The molecule has 0 bridgehead atoms. The van der Waals surface area contributed by atoms with Crippen LogP contribution in [0, 0.1) is 0 Å². The Morgan fingerprint density at radius 2 is 2.00 bits per heavy atom. The smallest absolute Gasteiger partial charge is 0.410 e. The summed E-state index contributed by atoms with van der Waals surface area (Å²) in [5, 5.41) is 3.13. The van der Waals surface area contributed by atoms with E-state index >= 15 is 0 Å². The number of nitrogens with zero attached hydrogens (tertiary/aromatic N) is 1. The highest BCUT2D eigenvalue weighted by Gasteiger charge is 2.19. The van der Waals surface area contributed by atoms with Gasteiger partial charge in [0.2, 0.25) is 5.76 Å². The molecule has 7 heteroatoms. The molecule has 1 amide bonds. The lowest BCUT2D eigenvalue weighted by molar-refractivity contribution is 0.0300. The van der Waals surface area contributed by atoms with Crippen molar-refractivity contribution in [1.29, 1.82) is 0 Å². The van der Waals surface area contributed by atoms with Crippen LogP contribution in [0.4, 0.5) is 4.79 Å². The van der Waals surface area contributed by atoms with E-state index < -0.39 is 11.6 Å². The number of esters is 1. The Hall–Kier alpha value is -2.02. The van der Waals surface area contributed by atoms with E-state index in [1.54, 1.807) is 19.2 Å². The fourth-order valence-corrected chi connectivity index (χ4v) is 1.57. The lowest BCUT2D eigenvalue weighted by Gasteiger charge is -2.24. The van der Waals surface area contributed by atoms with E-state index in [9.17, 15) is 9.59 Å². The molecule has 1 rings (SSSR count). The number of rotatable bonds is 6. The second kappa shape index (κ2) is 7.84. The lowest BCUT2D eigenvalue weighted by Crippen LogP contribution is -2.37. The van der Waals surface area contributed by atoms with Crippen molar-refractivity contribution in [3.8, 4) is 0 Å². The van der Waals surface area contributed by atoms with Crippen molar-refractivity contribution in [3.05, 3.63) is 23.7 Å².